The second-order valence-electron chi connectivity index (χ2n) is 5.00. The van der Waals surface area contributed by atoms with Gasteiger partial charge >= 0.3 is 0 Å². The van der Waals surface area contributed by atoms with Gasteiger partial charge in [-0.2, -0.15) is 0 Å². The van der Waals surface area contributed by atoms with Crippen LogP contribution in [0.5, 0.6) is 0 Å². The number of amides is 1. The van der Waals surface area contributed by atoms with Crippen LogP contribution < -0.4 is 5.32 Å². The second-order valence-corrected chi connectivity index (χ2v) is 5.00. The molecule has 1 saturated carbocycles. The number of hydrogen-bond donors (Lipinski definition) is 2. The van der Waals surface area contributed by atoms with Gasteiger partial charge < -0.3 is 10.4 Å². The van der Waals surface area contributed by atoms with E-state index in [0.29, 0.717) is 18.8 Å². The SMILES string of the molecule is Cc1cc(NC(=O)CC2CC2)ccc1C#CCCO. The van der Waals surface area contributed by atoms with E-state index in [1.165, 1.54) is 12.8 Å². The van der Waals surface area contributed by atoms with Gasteiger partial charge in [-0.1, -0.05) is 11.8 Å². The first-order chi connectivity index (χ1) is 9.19. The molecule has 0 atom stereocenters. The van der Waals surface area contributed by atoms with Gasteiger partial charge in [0.2, 0.25) is 5.91 Å². The van der Waals surface area contributed by atoms with Gasteiger partial charge in [0.25, 0.3) is 0 Å². The van der Waals surface area contributed by atoms with Crippen molar-refractivity contribution in [3.05, 3.63) is 29.3 Å². The van der Waals surface area contributed by atoms with Crippen molar-refractivity contribution in [3.63, 3.8) is 0 Å². The van der Waals surface area contributed by atoms with E-state index in [9.17, 15) is 4.79 Å². The van der Waals surface area contributed by atoms with E-state index in [2.05, 4.69) is 17.2 Å². The molecule has 2 rings (SSSR count). The van der Waals surface area contributed by atoms with Crippen molar-refractivity contribution in [1.82, 2.24) is 0 Å². The van der Waals surface area contributed by atoms with Gasteiger partial charge in [-0.25, -0.2) is 0 Å². The lowest BCUT2D eigenvalue weighted by Gasteiger charge is -2.06. The molecule has 0 aliphatic heterocycles. The highest BCUT2D eigenvalue weighted by atomic mass is 16.2. The van der Waals surface area contributed by atoms with Gasteiger partial charge in [-0.05, 0) is 49.4 Å². The lowest BCUT2D eigenvalue weighted by molar-refractivity contribution is -0.116. The number of benzene rings is 1. The van der Waals surface area contributed by atoms with Crippen molar-refractivity contribution >= 4 is 11.6 Å². The molecule has 1 aliphatic rings. The lowest BCUT2D eigenvalue weighted by atomic mass is 10.1. The second kappa shape index (κ2) is 6.40. The van der Waals surface area contributed by atoms with Crippen LogP contribution in [-0.2, 0) is 4.79 Å². The molecule has 0 heterocycles. The summed E-state index contributed by atoms with van der Waals surface area (Å²) in [7, 11) is 0. The zero-order chi connectivity index (χ0) is 13.7. The number of anilines is 1. The monoisotopic (exact) mass is 257 g/mol. The molecule has 0 bridgehead atoms. The van der Waals surface area contributed by atoms with E-state index in [1.54, 1.807) is 0 Å². The number of rotatable bonds is 4. The summed E-state index contributed by atoms with van der Waals surface area (Å²) in [5, 5.41) is 11.6. The standard InChI is InChI=1S/C16H19NO2/c1-12-10-15(17-16(19)11-13-5-6-13)8-7-14(12)4-2-3-9-18/h7-8,10,13,18H,3,5-6,9,11H2,1H3,(H,17,19). The minimum Gasteiger partial charge on any atom is -0.395 e. The number of hydrogen-bond acceptors (Lipinski definition) is 2. The Morgan fingerprint density at radius 3 is 2.89 bits per heavy atom. The molecule has 1 fully saturated rings. The Labute approximate surface area is 114 Å². The fourth-order valence-corrected chi connectivity index (χ4v) is 1.89. The van der Waals surface area contributed by atoms with E-state index in [-0.39, 0.29) is 12.5 Å². The zero-order valence-electron chi connectivity index (χ0n) is 11.2. The number of aliphatic hydroxyl groups is 1. The average molecular weight is 257 g/mol. The summed E-state index contributed by atoms with van der Waals surface area (Å²) in [5.41, 5.74) is 2.80. The van der Waals surface area contributed by atoms with Gasteiger partial charge in [-0.15, -0.1) is 0 Å². The fourth-order valence-electron chi connectivity index (χ4n) is 1.89. The Hall–Kier alpha value is -1.79. The number of aryl methyl sites for hydroxylation is 1. The number of aliphatic hydroxyl groups excluding tert-OH is 1. The molecule has 100 valence electrons. The van der Waals surface area contributed by atoms with Crippen LogP contribution in [0.4, 0.5) is 5.69 Å². The largest absolute Gasteiger partial charge is 0.395 e. The lowest BCUT2D eigenvalue weighted by Crippen LogP contribution is -2.12. The minimum atomic E-state index is 0.0847. The van der Waals surface area contributed by atoms with Crippen LogP contribution in [-0.4, -0.2) is 17.6 Å². The van der Waals surface area contributed by atoms with Gasteiger partial charge in [0.05, 0.1) is 6.61 Å². The van der Waals surface area contributed by atoms with Crippen molar-refractivity contribution in [3.8, 4) is 11.8 Å². The molecule has 1 amide bonds. The van der Waals surface area contributed by atoms with Gasteiger partial charge in [0, 0.05) is 24.1 Å². The van der Waals surface area contributed by atoms with E-state index in [0.717, 1.165) is 16.8 Å². The quantitative estimate of drug-likeness (QED) is 0.814. The van der Waals surface area contributed by atoms with Crippen molar-refractivity contribution in [2.75, 3.05) is 11.9 Å². The van der Waals surface area contributed by atoms with Crippen LogP contribution in [0.2, 0.25) is 0 Å². The Morgan fingerprint density at radius 2 is 2.26 bits per heavy atom. The first kappa shape index (κ1) is 13.6. The van der Waals surface area contributed by atoms with Crippen LogP contribution >= 0.6 is 0 Å². The van der Waals surface area contributed by atoms with Crippen molar-refractivity contribution in [2.24, 2.45) is 5.92 Å². The van der Waals surface area contributed by atoms with Crippen LogP contribution in [0.25, 0.3) is 0 Å². The normalized spacial score (nSPS) is 13.6. The summed E-state index contributed by atoms with van der Waals surface area (Å²) in [5.74, 6) is 6.61. The molecule has 0 radical (unpaired) electrons. The summed E-state index contributed by atoms with van der Waals surface area (Å²) in [6.45, 7) is 2.06. The summed E-state index contributed by atoms with van der Waals surface area (Å²) in [4.78, 5) is 11.7. The topological polar surface area (TPSA) is 49.3 Å². The molecule has 1 aromatic carbocycles. The Bertz CT molecular complexity index is 521. The maximum absolute atomic E-state index is 11.7. The third-order valence-corrected chi connectivity index (χ3v) is 3.14. The van der Waals surface area contributed by atoms with Crippen LogP contribution in [0, 0.1) is 24.7 Å². The molecule has 1 aromatic rings. The minimum absolute atomic E-state index is 0.0847. The number of carbonyl (C=O) groups is 1. The molecule has 0 unspecified atom stereocenters. The third-order valence-electron chi connectivity index (χ3n) is 3.14. The van der Waals surface area contributed by atoms with Gasteiger partial charge in [0.15, 0.2) is 0 Å². The Balaban J connectivity index is 1.97. The maximum Gasteiger partial charge on any atom is 0.224 e. The van der Waals surface area contributed by atoms with Crippen LogP contribution in [0.15, 0.2) is 18.2 Å². The molecular weight excluding hydrogens is 238 g/mol. The van der Waals surface area contributed by atoms with E-state index < -0.39 is 0 Å². The Morgan fingerprint density at radius 1 is 1.47 bits per heavy atom. The highest BCUT2D eigenvalue weighted by molar-refractivity contribution is 5.91. The first-order valence-corrected chi connectivity index (χ1v) is 6.69. The molecule has 3 nitrogen and oxygen atoms in total. The van der Waals surface area contributed by atoms with E-state index in [4.69, 9.17) is 5.11 Å². The molecule has 2 N–H and O–H groups in total. The maximum atomic E-state index is 11.7. The number of carbonyl (C=O) groups excluding carboxylic acids is 1. The zero-order valence-corrected chi connectivity index (χ0v) is 11.2. The highest BCUT2D eigenvalue weighted by Gasteiger charge is 2.24. The van der Waals surface area contributed by atoms with Gasteiger partial charge in [-0.3, -0.25) is 4.79 Å². The molecular formula is C16H19NO2. The number of nitrogens with one attached hydrogen (secondary N) is 1. The summed E-state index contributed by atoms with van der Waals surface area (Å²) >= 11 is 0. The molecule has 0 spiro atoms. The van der Waals surface area contributed by atoms with Crippen molar-refractivity contribution < 1.29 is 9.90 Å². The summed E-state index contributed by atoms with van der Waals surface area (Å²) < 4.78 is 0. The third kappa shape index (κ3) is 4.42. The first-order valence-electron chi connectivity index (χ1n) is 6.69. The molecule has 0 saturated heterocycles. The van der Waals surface area contributed by atoms with Crippen LogP contribution in [0.1, 0.15) is 36.8 Å². The van der Waals surface area contributed by atoms with Crippen molar-refractivity contribution in [1.29, 1.82) is 0 Å². The Kier molecular flexibility index (Phi) is 4.59. The molecule has 1 aliphatic carbocycles. The predicted molar refractivity (Wildman–Crippen MR) is 75.7 cm³/mol. The fraction of sp³-hybridized carbons (Fsp3) is 0.438. The molecule has 3 heteroatoms. The molecule has 0 aromatic heterocycles. The highest BCUT2D eigenvalue weighted by Crippen LogP contribution is 2.32. The van der Waals surface area contributed by atoms with E-state index >= 15 is 0 Å². The summed E-state index contributed by atoms with van der Waals surface area (Å²) in [6.07, 6.45) is 3.49. The molecule has 19 heavy (non-hydrogen) atoms. The summed E-state index contributed by atoms with van der Waals surface area (Å²) in [6, 6.07) is 5.72. The van der Waals surface area contributed by atoms with Gasteiger partial charge in [0.1, 0.15) is 0 Å². The predicted octanol–water partition coefficient (Wildman–Crippen LogP) is 2.47. The van der Waals surface area contributed by atoms with Crippen molar-refractivity contribution in [2.45, 2.75) is 32.6 Å². The van der Waals surface area contributed by atoms with Crippen LogP contribution in [0.3, 0.4) is 0 Å². The average Bonchev–Trinajstić information content (AvgIpc) is 3.16. The smallest absolute Gasteiger partial charge is 0.224 e. The van der Waals surface area contributed by atoms with E-state index in [1.807, 2.05) is 25.1 Å².